The van der Waals surface area contributed by atoms with Crippen LogP contribution in [0, 0.1) is 0 Å². The number of nitrogens with one attached hydrogen (secondary N) is 1. The molecule has 0 unspecified atom stereocenters. The number of likely N-dealkylation sites (tertiary alicyclic amines) is 1. The zero-order valence-corrected chi connectivity index (χ0v) is 12.3. The second-order valence-corrected chi connectivity index (χ2v) is 5.59. The van der Waals surface area contributed by atoms with Gasteiger partial charge in [0, 0.05) is 19.0 Å². The number of nitrogens with zero attached hydrogens (tertiary/aromatic N) is 2. The Bertz CT molecular complexity index is 656. The molecule has 1 N–H and O–H groups in total. The zero-order valence-electron chi connectivity index (χ0n) is 12.3. The normalized spacial score (nSPS) is 16.7. The summed E-state index contributed by atoms with van der Waals surface area (Å²) in [5.74, 6) is 0.834. The highest BCUT2D eigenvalue weighted by Crippen LogP contribution is 2.31. The number of carbonyl (C=O) groups excluding carboxylic acids is 1. The highest BCUT2D eigenvalue weighted by molar-refractivity contribution is 5.78. The Morgan fingerprint density at radius 2 is 2.13 bits per heavy atom. The van der Waals surface area contributed by atoms with Crippen molar-refractivity contribution in [2.24, 2.45) is 0 Å². The predicted octanol–water partition coefficient (Wildman–Crippen LogP) is 2.97. The quantitative estimate of drug-likeness (QED) is 0.943. The van der Waals surface area contributed by atoms with E-state index in [2.05, 4.69) is 9.97 Å². The fourth-order valence-electron chi connectivity index (χ4n) is 2.76. The van der Waals surface area contributed by atoms with Crippen LogP contribution in [0.5, 0.6) is 0 Å². The average Bonchev–Trinajstić information content (AvgIpc) is 3.18. The first kappa shape index (κ1) is 15.6. The highest BCUT2D eigenvalue weighted by Gasteiger charge is 2.34. The maximum Gasteiger partial charge on any atom is 0.432 e. The van der Waals surface area contributed by atoms with Crippen LogP contribution in [-0.4, -0.2) is 33.9 Å². The molecule has 0 aromatic carbocycles. The number of aromatic amines is 1. The fourth-order valence-corrected chi connectivity index (χ4v) is 2.76. The van der Waals surface area contributed by atoms with Crippen LogP contribution >= 0.6 is 0 Å². The smallest absolute Gasteiger partial charge is 0.432 e. The van der Waals surface area contributed by atoms with Gasteiger partial charge in [-0.25, -0.2) is 4.98 Å². The summed E-state index contributed by atoms with van der Waals surface area (Å²) >= 11 is 0. The van der Waals surface area contributed by atoms with E-state index in [0.717, 1.165) is 6.20 Å². The van der Waals surface area contributed by atoms with Crippen LogP contribution in [0.25, 0.3) is 0 Å². The van der Waals surface area contributed by atoms with Crippen LogP contribution in [0.3, 0.4) is 0 Å². The molecule has 0 saturated carbocycles. The first-order valence-corrected chi connectivity index (χ1v) is 7.36. The summed E-state index contributed by atoms with van der Waals surface area (Å²) in [6, 6.07) is 3.47. The standard InChI is InChI=1S/C15H16F3N3O2/c16-15(17,18)12-9-19-14(20-12)10-3-5-21(6-4-10)13(22)8-11-2-1-7-23-11/h1-2,7,9-10H,3-6,8H2,(H,19,20). The molecule has 1 saturated heterocycles. The van der Waals surface area contributed by atoms with Crippen molar-refractivity contribution >= 4 is 5.91 Å². The number of amides is 1. The van der Waals surface area contributed by atoms with E-state index in [9.17, 15) is 18.0 Å². The molecule has 2 aromatic heterocycles. The van der Waals surface area contributed by atoms with Gasteiger partial charge in [-0.2, -0.15) is 13.2 Å². The van der Waals surface area contributed by atoms with Crippen LogP contribution in [0.2, 0.25) is 0 Å². The molecule has 5 nitrogen and oxygen atoms in total. The monoisotopic (exact) mass is 327 g/mol. The van der Waals surface area contributed by atoms with Crippen molar-refractivity contribution < 1.29 is 22.4 Å². The van der Waals surface area contributed by atoms with Crippen molar-refractivity contribution in [1.29, 1.82) is 0 Å². The number of rotatable bonds is 3. The van der Waals surface area contributed by atoms with Crippen LogP contribution in [0.15, 0.2) is 29.0 Å². The zero-order chi connectivity index (χ0) is 16.4. The van der Waals surface area contributed by atoms with Crippen LogP contribution in [-0.2, 0) is 17.4 Å². The second-order valence-electron chi connectivity index (χ2n) is 5.59. The first-order chi connectivity index (χ1) is 10.9. The number of H-pyrrole nitrogens is 1. The number of furan rings is 1. The van der Waals surface area contributed by atoms with Crippen molar-refractivity contribution in [2.75, 3.05) is 13.1 Å². The number of imidazole rings is 1. The van der Waals surface area contributed by atoms with E-state index >= 15 is 0 Å². The lowest BCUT2D eigenvalue weighted by molar-refractivity contribution is -0.141. The summed E-state index contributed by atoms with van der Waals surface area (Å²) in [4.78, 5) is 20.0. The summed E-state index contributed by atoms with van der Waals surface area (Å²) in [5.41, 5.74) is -0.830. The number of halogens is 3. The lowest BCUT2D eigenvalue weighted by atomic mass is 9.96. The molecule has 23 heavy (non-hydrogen) atoms. The summed E-state index contributed by atoms with van der Waals surface area (Å²) in [5, 5.41) is 0. The van der Waals surface area contributed by atoms with Gasteiger partial charge in [-0.15, -0.1) is 0 Å². The van der Waals surface area contributed by atoms with E-state index in [0.29, 0.717) is 37.5 Å². The van der Waals surface area contributed by atoms with Gasteiger partial charge in [0.1, 0.15) is 17.3 Å². The molecule has 0 bridgehead atoms. The Labute approximate surface area is 130 Å². The molecule has 1 aliphatic heterocycles. The maximum absolute atomic E-state index is 12.6. The van der Waals surface area contributed by atoms with E-state index in [1.54, 1.807) is 17.0 Å². The molecule has 1 fully saturated rings. The summed E-state index contributed by atoms with van der Waals surface area (Å²) < 4.78 is 42.9. The third kappa shape index (κ3) is 3.57. The summed E-state index contributed by atoms with van der Waals surface area (Å²) in [7, 11) is 0. The molecular weight excluding hydrogens is 311 g/mol. The third-order valence-corrected chi connectivity index (χ3v) is 4.04. The number of carbonyl (C=O) groups is 1. The molecule has 1 amide bonds. The Kier molecular flexibility index (Phi) is 4.14. The molecular formula is C15H16F3N3O2. The molecule has 3 heterocycles. The van der Waals surface area contributed by atoms with Crippen molar-refractivity contribution in [3.8, 4) is 0 Å². The molecule has 0 aliphatic carbocycles. The van der Waals surface area contributed by atoms with E-state index in [1.807, 2.05) is 0 Å². The Morgan fingerprint density at radius 1 is 1.39 bits per heavy atom. The molecule has 2 aromatic rings. The number of hydrogen-bond donors (Lipinski definition) is 1. The van der Waals surface area contributed by atoms with E-state index in [1.165, 1.54) is 6.26 Å². The van der Waals surface area contributed by atoms with Crippen molar-refractivity contribution in [3.05, 3.63) is 41.9 Å². The van der Waals surface area contributed by atoms with Gasteiger partial charge in [-0.3, -0.25) is 4.79 Å². The van der Waals surface area contributed by atoms with Crippen LogP contribution < -0.4 is 0 Å². The topological polar surface area (TPSA) is 62.1 Å². The summed E-state index contributed by atoms with van der Waals surface area (Å²) in [6.45, 7) is 1.01. The van der Waals surface area contributed by atoms with Gasteiger partial charge in [0.25, 0.3) is 0 Å². The summed E-state index contributed by atoms with van der Waals surface area (Å²) in [6.07, 6.45) is -0.682. The number of aromatic nitrogens is 2. The van der Waals surface area contributed by atoms with E-state index < -0.39 is 11.9 Å². The van der Waals surface area contributed by atoms with Gasteiger partial charge in [0.15, 0.2) is 0 Å². The minimum atomic E-state index is -4.41. The molecule has 3 rings (SSSR count). The van der Waals surface area contributed by atoms with Gasteiger partial charge in [0.2, 0.25) is 5.91 Å². The Hall–Kier alpha value is -2.25. The van der Waals surface area contributed by atoms with Crippen LogP contribution in [0.4, 0.5) is 13.2 Å². The molecule has 0 spiro atoms. The number of hydrogen-bond acceptors (Lipinski definition) is 3. The molecule has 8 heteroatoms. The van der Waals surface area contributed by atoms with Gasteiger partial charge in [-0.05, 0) is 25.0 Å². The highest BCUT2D eigenvalue weighted by atomic mass is 19.4. The average molecular weight is 327 g/mol. The molecule has 124 valence electrons. The SMILES string of the molecule is O=C(Cc1ccco1)N1CCC(c2ncc(C(F)(F)F)[nH]2)CC1. The van der Waals surface area contributed by atoms with Crippen molar-refractivity contribution in [3.63, 3.8) is 0 Å². The minimum Gasteiger partial charge on any atom is -0.469 e. The predicted molar refractivity (Wildman–Crippen MR) is 74.6 cm³/mol. The molecule has 1 aliphatic rings. The lowest BCUT2D eigenvalue weighted by Gasteiger charge is -2.31. The van der Waals surface area contributed by atoms with Gasteiger partial charge in [-0.1, -0.05) is 0 Å². The molecule has 0 radical (unpaired) electrons. The lowest BCUT2D eigenvalue weighted by Crippen LogP contribution is -2.38. The fraction of sp³-hybridized carbons (Fsp3) is 0.467. The number of alkyl halides is 3. The van der Waals surface area contributed by atoms with Gasteiger partial charge in [0.05, 0.1) is 18.9 Å². The van der Waals surface area contributed by atoms with Crippen molar-refractivity contribution in [2.45, 2.75) is 31.4 Å². The van der Waals surface area contributed by atoms with Gasteiger partial charge >= 0.3 is 6.18 Å². The van der Waals surface area contributed by atoms with Crippen molar-refractivity contribution in [1.82, 2.24) is 14.9 Å². The molecule has 0 atom stereocenters. The third-order valence-electron chi connectivity index (χ3n) is 4.04. The largest absolute Gasteiger partial charge is 0.469 e. The van der Waals surface area contributed by atoms with Gasteiger partial charge < -0.3 is 14.3 Å². The Balaban J connectivity index is 1.56. The first-order valence-electron chi connectivity index (χ1n) is 7.36. The second kappa shape index (κ2) is 6.10. The maximum atomic E-state index is 12.6. The van der Waals surface area contributed by atoms with E-state index in [-0.39, 0.29) is 18.2 Å². The number of piperidine rings is 1. The minimum absolute atomic E-state index is 0.0335. The van der Waals surface area contributed by atoms with E-state index in [4.69, 9.17) is 4.42 Å². The Morgan fingerprint density at radius 3 is 2.70 bits per heavy atom. The van der Waals surface area contributed by atoms with Crippen LogP contribution in [0.1, 0.15) is 36.0 Å².